The van der Waals surface area contributed by atoms with Gasteiger partial charge in [-0.15, -0.1) is 12.4 Å². The van der Waals surface area contributed by atoms with Crippen LogP contribution in [0.2, 0.25) is 10.0 Å². The lowest BCUT2D eigenvalue weighted by molar-refractivity contribution is 0.377. The lowest BCUT2D eigenvalue weighted by Gasteiger charge is -2.22. The first-order valence-corrected chi connectivity index (χ1v) is 7.10. The number of nitrogens with one attached hydrogen (secondary N) is 1. The molecular formula is C13H18Cl3N5. The predicted octanol–water partition coefficient (Wildman–Crippen LogP) is 3.22. The lowest BCUT2D eigenvalue weighted by Crippen LogP contribution is -2.35. The standard InChI is InChI=1S/C13H17Cl2N5.ClH/c1-8(2)20-6-5-17-13(20)19-12(16)18-9-3-4-10(14)11(15)7-9;/h3-4,7-8H,5-6H2,1-2H3,(H3,16,17,18,19);1H. The minimum atomic E-state index is 0. The molecule has 0 aliphatic carbocycles. The molecule has 8 heteroatoms. The van der Waals surface area contributed by atoms with Crippen LogP contribution in [0.4, 0.5) is 5.69 Å². The van der Waals surface area contributed by atoms with Crippen molar-refractivity contribution in [2.45, 2.75) is 19.9 Å². The van der Waals surface area contributed by atoms with Crippen molar-refractivity contribution in [1.29, 1.82) is 0 Å². The van der Waals surface area contributed by atoms with Crippen LogP contribution in [-0.2, 0) is 0 Å². The highest BCUT2D eigenvalue weighted by Gasteiger charge is 2.19. The molecule has 3 N–H and O–H groups in total. The van der Waals surface area contributed by atoms with Crippen molar-refractivity contribution in [2.24, 2.45) is 15.7 Å². The van der Waals surface area contributed by atoms with E-state index >= 15 is 0 Å². The van der Waals surface area contributed by atoms with Crippen molar-refractivity contribution < 1.29 is 0 Å². The number of aliphatic imine (C=N–C) groups is 2. The summed E-state index contributed by atoms with van der Waals surface area (Å²) in [5, 5.41) is 3.94. The third kappa shape index (κ3) is 4.66. The maximum absolute atomic E-state index is 5.95. The van der Waals surface area contributed by atoms with Gasteiger partial charge in [0.2, 0.25) is 11.9 Å². The highest BCUT2D eigenvalue weighted by Crippen LogP contribution is 2.24. The second-order valence-electron chi connectivity index (χ2n) is 4.72. The summed E-state index contributed by atoms with van der Waals surface area (Å²) < 4.78 is 0. The van der Waals surface area contributed by atoms with Gasteiger partial charge in [0.05, 0.1) is 16.6 Å². The van der Waals surface area contributed by atoms with Crippen LogP contribution in [0.5, 0.6) is 0 Å². The summed E-state index contributed by atoms with van der Waals surface area (Å²) in [5.74, 6) is 0.930. The van der Waals surface area contributed by atoms with E-state index in [1.807, 2.05) is 0 Å². The number of rotatable bonds is 2. The first-order valence-electron chi connectivity index (χ1n) is 6.34. The third-order valence-electron chi connectivity index (χ3n) is 2.89. The summed E-state index contributed by atoms with van der Waals surface area (Å²) in [6, 6.07) is 5.53. The van der Waals surface area contributed by atoms with E-state index in [1.165, 1.54) is 0 Å². The molecule has 0 saturated carbocycles. The van der Waals surface area contributed by atoms with E-state index in [2.05, 4.69) is 34.0 Å². The average Bonchev–Trinajstić information content (AvgIpc) is 2.82. The maximum atomic E-state index is 5.95. The summed E-state index contributed by atoms with van der Waals surface area (Å²) in [6.45, 7) is 5.81. The molecule has 0 spiro atoms. The Balaban J connectivity index is 0.00000220. The molecule has 0 bridgehead atoms. The van der Waals surface area contributed by atoms with Crippen LogP contribution in [0, 0.1) is 0 Å². The Morgan fingerprint density at radius 2 is 2.10 bits per heavy atom. The summed E-state index contributed by atoms with van der Waals surface area (Å²) in [4.78, 5) is 10.7. The zero-order chi connectivity index (χ0) is 14.7. The van der Waals surface area contributed by atoms with Crippen molar-refractivity contribution in [3.63, 3.8) is 0 Å². The molecule has 21 heavy (non-hydrogen) atoms. The molecule has 5 nitrogen and oxygen atoms in total. The Labute approximate surface area is 140 Å². The molecule has 1 aliphatic rings. The Morgan fingerprint density at radius 1 is 1.38 bits per heavy atom. The van der Waals surface area contributed by atoms with Crippen molar-refractivity contribution in [3.8, 4) is 0 Å². The molecular weight excluding hydrogens is 333 g/mol. The largest absolute Gasteiger partial charge is 0.369 e. The number of halogens is 3. The maximum Gasteiger partial charge on any atom is 0.224 e. The molecule has 2 rings (SSSR count). The number of nitrogens with zero attached hydrogens (tertiary/aromatic N) is 3. The highest BCUT2D eigenvalue weighted by atomic mass is 35.5. The number of guanidine groups is 2. The van der Waals surface area contributed by atoms with E-state index in [9.17, 15) is 0 Å². The quantitative estimate of drug-likeness (QED) is 0.636. The van der Waals surface area contributed by atoms with Gasteiger partial charge in [-0.05, 0) is 32.0 Å². The van der Waals surface area contributed by atoms with E-state index in [0.29, 0.717) is 22.0 Å². The van der Waals surface area contributed by atoms with Crippen LogP contribution in [0.3, 0.4) is 0 Å². The molecule has 0 saturated heterocycles. The number of nitrogens with two attached hydrogens (primary N) is 1. The van der Waals surface area contributed by atoms with E-state index in [-0.39, 0.29) is 18.4 Å². The molecule has 1 aromatic rings. The molecule has 0 aromatic heterocycles. The monoisotopic (exact) mass is 349 g/mol. The normalized spacial score (nSPS) is 15.0. The second-order valence-corrected chi connectivity index (χ2v) is 5.53. The number of hydrogen-bond donors (Lipinski definition) is 2. The van der Waals surface area contributed by atoms with Crippen LogP contribution >= 0.6 is 35.6 Å². The SMILES string of the molecule is CC(C)N1CCN=C1/N=C(\N)Nc1ccc(Cl)c(Cl)c1.Cl. The Morgan fingerprint density at radius 3 is 2.71 bits per heavy atom. The molecule has 1 heterocycles. The molecule has 116 valence electrons. The van der Waals surface area contributed by atoms with Gasteiger partial charge in [0.15, 0.2) is 0 Å². The van der Waals surface area contributed by atoms with Gasteiger partial charge in [0.1, 0.15) is 0 Å². The summed E-state index contributed by atoms with van der Waals surface area (Å²) in [7, 11) is 0. The van der Waals surface area contributed by atoms with Crippen molar-refractivity contribution in [3.05, 3.63) is 28.2 Å². The molecule has 0 amide bonds. The Kier molecular flexibility index (Phi) is 6.58. The molecule has 0 unspecified atom stereocenters. The summed E-state index contributed by atoms with van der Waals surface area (Å²) in [6.07, 6.45) is 0. The Bertz CT molecular complexity index is 557. The minimum absolute atomic E-state index is 0. The number of anilines is 1. The molecule has 0 radical (unpaired) electrons. The van der Waals surface area contributed by atoms with E-state index in [0.717, 1.165) is 18.8 Å². The molecule has 1 aliphatic heterocycles. The van der Waals surface area contributed by atoms with Gasteiger partial charge in [-0.3, -0.25) is 0 Å². The van der Waals surface area contributed by atoms with E-state index < -0.39 is 0 Å². The first kappa shape index (κ1) is 17.9. The van der Waals surface area contributed by atoms with Gasteiger partial charge in [-0.1, -0.05) is 23.2 Å². The molecule has 0 fully saturated rings. The van der Waals surface area contributed by atoms with Gasteiger partial charge in [-0.2, -0.15) is 4.99 Å². The van der Waals surface area contributed by atoms with Crippen LogP contribution in [0.15, 0.2) is 28.2 Å². The first-order chi connectivity index (χ1) is 9.47. The second kappa shape index (κ2) is 7.73. The van der Waals surface area contributed by atoms with E-state index in [4.69, 9.17) is 28.9 Å². The van der Waals surface area contributed by atoms with Crippen molar-refractivity contribution >= 4 is 53.2 Å². The zero-order valence-electron chi connectivity index (χ0n) is 11.8. The van der Waals surface area contributed by atoms with Crippen LogP contribution < -0.4 is 11.1 Å². The minimum Gasteiger partial charge on any atom is -0.369 e. The fourth-order valence-corrected chi connectivity index (χ4v) is 2.19. The lowest BCUT2D eigenvalue weighted by atomic mass is 10.3. The zero-order valence-corrected chi connectivity index (χ0v) is 14.1. The van der Waals surface area contributed by atoms with Gasteiger partial charge in [0, 0.05) is 18.3 Å². The van der Waals surface area contributed by atoms with Crippen LogP contribution in [-0.4, -0.2) is 36.0 Å². The topological polar surface area (TPSA) is 66.0 Å². The van der Waals surface area contributed by atoms with Gasteiger partial charge < -0.3 is 16.0 Å². The van der Waals surface area contributed by atoms with Gasteiger partial charge >= 0.3 is 0 Å². The van der Waals surface area contributed by atoms with Crippen molar-refractivity contribution in [1.82, 2.24) is 4.90 Å². The third-order valence-corrected chi connectivity index (χ3v) is 3.63. The van der Waals surface area contributed by atoms with E-state index in [1.54, 1.807) is 18.2 Å². The summed E-state index contributed by atoms with van der Waals surface area (Å²) >= 11 is 11.8. The van der Waals surface area contributed by atoms with Crippen LogP contribution in [0.25, 0.3) is 0 Å². The highest BCUT2D eigenvalue weighted by molar-refractivity contribution is 6.42. The van der Waals surface area contributed by atoms with Gasteiger partial charge in [0.25, 0.3) is 0 Å². The fourth-order valence-electron chi connectivity index (χ4n) is 1.89. The number of hydrogen-bond acceptors (Lipinski definition) is 3. The molecule has 1 aromatic carbocycles. The smallest absolute Gasteiger partial charge is 0.224 e. The van der Waals surface area contributed by atoms with Crippen LogP contribution in [0.1, 0.15) is 13.8 Å². The summed E-state index contributed by atoms with van der Waals surface area (Å²) in [5.41, 5.74) is 6.62. The Hall–Kier alpha value is -1.17. The van der Waals surface area contributed by atoms with Crippen molar-refractivity contribution in [2.75, 3.05) is 18.4 Å². The molecule has 0 atom stereocenters. The van der Waals surface area contributed by atoms with Gasteiger partial charge in [-0.25, -0.2) is 4.99 Å². The predicted molar refractivity (Wildman–Crippen MR) is 93.1 cm³/mol. The average molecular weight is 351 g/mol. The fraction of sp³-hybridized carbons (Fsp3) is 0.385. The number of benzene rings is 1.